The maximum absolute atomic E-state index is 12.2. The van der Waals surface area contributed by atoms with E-state index < -0.39 is 6.10 Å². The average molecular weight is 292 g/mol. The summed E-state index contributed by atoms with van der Waals surface area (Å²) in [7, 11) is 0. The summed E-state index contributed by atoms with van der Waals surface area (Å²) in [6.45, 7) is 7.02. The summed E-state index contributed by atoms with van der Waals surface area (Å²) in [4.78, 5) is 13.8. The molecule has 0 aliphatic carbocycles. The number of carbonyl (C=O) groups excluding carboxylic acids is 1. The van der Waals surface area contributed by atoms with Gasteiger partial charge in [0.15, 0.2) is 0 Å². The lowest BCUT2D eigenvalue weighted by Crippen LogP contribution is -2.47. The van der Waals surface area contributed by atoms with Gasteiger partial charge in [-0.3, -0.25) is 0 Å². The molecule has 116 valence electrons. The van der Waals surface area contributed by atoms with Crippen molar-refractivity contribution in [3.8, 4) is 5.75 Å². The van der Waals surface area contributed by atoms with Crippen LogP contribution in [0.25, 0.3) is 0 Å². The number of aliphatic hydroxyl groups is 1. The molecular formula is C16H24N2O3. The minimum absolute atomic E-state index is 0.127. The van der Waals surface area contributed by atoms with E-state index in [2.05, 4.69) is 5.32 Å². The van der Waals surface area contributed by atoms with E-state index in [0.717, 1.165) is 17.9 Å². The van der Waals surface area contributed by atoms with Gasteiger partial charge in [0, 0.05) is 18.8 Å². The van der Waals surface area contributed by atoms with Crippen molar-refractivity contribution in [3.05, 3.63) is 24.3 Å². The first kappa shape index (κ1) is 15.6. The quantitative estimate of drug-likeness (QED) is 0.900. The van der Waals surface area contributed by atoms with E-state index in [1.165, 1.54) is 0 Å². The van der Waals surface area contributed by atoms with Crippen LogP contribution in [-0.4, -0.2) is 41.3 Å². The Bertz CT molecular complexity index is 473. The minimum atomic E-state index is -0.439. The van der Waals surface area contributed by atoms with Crippen LogP contribution < -0.4 is 10.1 Å². The van der Waals surface area contributed by atoms with Crippen LogP contribution in [-0.2, 0) is 0 Å². The molecule has 21 heavy (non-hydrogen) atoms. The molecule has 1 aromatic rings. The lowest BCUT2D eigenvalue weighted by Gasteiger charge is -2.34. The number of benzene rings is 1. The number of likely N-dealkylation sites (tertiary alicyclic amines) is 1. The molecular weight excluding hydrogens is 268 g/mol. The number of nitrogens with one attached hydrogen (secondary N) is 1. The summed E-state index contributed by atoms with van der Waals surface area (Å²) >= 11 is 0. The summed E-state index contributed by atoms with van der Waals surface area (Å²) in [6, 6.07) is 7.14. The van der Waals surface area contributed by atoms with Crippen LogP contribution in [0.3, 0.4) is 0 Å². The van der Waals surface area contributed by atoms with E-state index in [-0.39, 0.29) is 18.1 Å². The van der Waals surface area contributed by atoms with Crippen molar-refractivity contribution in [1.29, 1.82) is 0 Å². The van der Waals surface area contributed by atoms with Gasteiger partial charge in [0.05, 0.1) is 12.2 Å². The average Bonchev–Trinajstić information content (AvgIpc) is 2.43. The maximum atomic E-state index is 12.2. The summed E-state index contributed by atoms with van der Waals surface area (Å²) in [6.07, 6.45) is 0.518. The zero-order valence-electron chi connectivity index (χ0n) is 12.9. The number of urea groups is 1. The van der Waals surface area contributed by atoms with Crippen molar-refractivity contribution in [2.45, 2.75) is 39.4 Å². The van der Waals surface area contributed by atoms with Crippen molar-refractivity contribution in [3.63, 3.8) is 0 Å². The first-order valence-corrected chi connectivity index (χ1v) is 7.46. The van der Waals surface area contributed by atoms with Crippen LogP contribution in [0, 0.1) is 5.92 Å². The Hall–Kier alpha value is -1.75. The van der Waals surface area contributed by atoms with Gasteiger partial charge in [0.25, 0.3) is 0 Å². The molecule has 1 fully saturated rings. The molecule has 2 rings (SSSR count). The van der Waals surface area contributed by atoms with Gasteiger partial charge in [-0.15, -0.1) is 0 Å². The molecule has 1 aliphatic heterocycles. The monoisotopic (exact) mass is 292 g/mol. The van der Waals surface area contributed by atoms with Gasteiger partial charge >= 0.3 is 6.03 Å². The molecule has 1 saturated heterocycles. The van der Waals surface area contributed by atoms with E-state index >= 15 is 0 Å². The molecule has 5 nitrogen and oxygen atoms in total. The predicted octanol–water partition coefficient (Wildman–Crippen LogP) is 2.71. The molecule has 5 heteroatoms. The molecule has 0 saturated carbocycles. The van der Waals surface area contributed by atoms with Gasteiger partial charge < -0.3 is 20.1 Å². The van der Waals surface area contributed by atoms with E-state index in [0.29, 0.717) is 13.1 Å². The van der Waals surface area contributed by atoms with Crippen LogP contribution in [0.1, 0.15) is 27.2 Å². The molecule has 1 aromatic carbocycles. The first-order valence-electron chi connectivity index (χ1n) is 7.46. The van der Waals surface area contributed by atoms with E-state index in [4.69, 9.17) is 4.74 Å². The molecule has 0 bridgehead atoms. The van der Waals surface area contributed by atoms with Crippen LogP contribution in [0.4, 0.5) is 10.5 Å². The highest BCUT2D eigenvalue weighted by Crippen LogP contribution is 2.20. The lowest BCUT2D eigenvalue weighted by molar-refractivity contribution is 0.0464. The van der Waals surface area contributed by atoms with Gasteiger partial charge in [-0.2, -0.15) is 0 Å². The number of hydrogen-bond acceptors (Lipinski definition) is 3. The van der Waals surface area contributed by atoms with Crippen molar-refractivity contribution < 1.29 is 14.6 Å². The van der Waals surface area contributed by atoms with Crippen LogP contribution >= 0.6 is 0 Å². The number of nitrogens with zero attached hydrogens (tertiary/aromatic N) is 1. The van der Waals surface area contributed by atoms with Crippen LogP contribution in [0.5, 0.6) is 5.75 Å². The Morgan fingerprint density at radius 2 is 2.05 bits per heavy atom. The van der Waals surface area contributed by atoms with Gasteiger partial charge in [-0.05, 0) is 50.5 Å². The summed E-state index contributed by atoms with van der Waals surface area (Å²) in [5, 5.41) is 12.7. The molecule has 0 spiro atoms. The zero-order chi connectivity index (χ0) is 15.4. The highest BCUT2D eigenvalue weighted by Gasteiger charge is 2.27. The Morgan fingerprint density at radius 1 is 1.38 bits per heavy atom. The second-order valence-electron chi connectivity index (χ2n) is 5.90. The third-order valence-corrected chi connectivity index (χ3v) is 3.68. The van der Waals surface area contributed by atoms with E-state index in [9.17, 15) is 9.90 Å². The van der Waals surface area contributed by atoms with Crippen molar-refractivity contribution in [2.24, 2.45) is 5.92 Å². The number of rotatable bonds is 3. The molecule has 0 radical (unpaired) electrons. The Balaban J connectivity index is 1.90. The van der Waals surface area contributed by atoms with Gasteiger partial charge in [-0.25, -0.2) is 4.79 Å². The van der Waals surface area contributed by atoms with Gasteiger partial charge in [0.1, 0.15) is 5.75 Å². The Kier molecular flexibility index (Phi) is 5.07. The molecule has 2 unspecified atom stereocenters. The molecule has 0 aromatic heterocycles. The fraction of sp³-hybridized carbons (Fsp3) is 0.562. The smallest absolute Gasteiger partial charge is 0.321 e. The number of β-amino-alcohol motifs (C(OH)–C–C–N with tert-alkyl or cyclic N) is 1. The zero-order valence-corrected chi connectivity index (χ0v) is 12.9. The number of amides is 2. The second-order valence-corrected chi connectivity index (χ2v) is 5.90. The topological polar surface area (TPSA) is 61.8 Å². The number of ether oxygens (including phenoxy) is 1. The number of piperidine rings is 1. The van der Waals surface area contributed by atoms with Crippen LogP contribution in [0.15, 0.2) is 24.3 Å². The largest absolute Gasteiger partial charge is 0.491 e. The van der Waals surface area contributed by atoms with Crippen LogP contribution in [0.2, 0.25) is 0 Å². The van der Waals surface area contributed by atoms with Crippen molar-refractivity contribution in [1.82, 2.24) is 4.90 Å². The molecule has 1 aliphatic rings. The predicted molar refractivity (Wildman–Crippen MR) is 82.6 cm³/mol. The highest BCUT2D eigenvalue weighted by atomic mass is 16.5. The minimum Gasteiger partial charge on any atom is -0.491 e. The molecule has 2 N–H and O–H groups in total. The van der Waals surface area contributed by atoms with Gasteiger partial charge in [-0.1, -0.05) is 6.92 Å². The van der Waals surface area contributed by atoms with E-state index in [1.54, 1.807) is 4.90 Å². The number of carbonyl (C=O) groups is 1. The standard InChI is InChI=1S/C16H24N2O3/c1-11(2)21-14-6-4-13(5-7-14)17-16(20)18-9-8-12(3)15(19)10-18/h4-7,11-12,15,19H,8-10H2,1-3H3,(H,17,20). The molecule has 2 amide bonds. The Labute approximate surface area is 125 Å². The summed E-state index contributed by atoms with van der Waals surface area (Å²) < 4.78 is 5.56. The number of aliphatic hydroxyl groups excluding tert-OH is 1. The highest BCUT2D eigenvalue weighted by molar-refractivity contribution is 5.89. The summed E-state index contributed by atoms with van der Waals surface area (Å²) in [5.41, 5.74) is 0.726. The third kappa shape index (κ3) is 4.36. The fourth-order valence-corrected chi connectivity index (χ4v) is 2.32. The first-order chi connectivity index (χ1) is 9.95. The number of hydrogen-bond donors (Lipinski definition) is 2. The van der Waals surface area contributed by atoms with Crippen molar-refractivity contribution in [2.75, 3.05) is 18.4 Å². The van der Waals surface area contributed by atoms with Crippen molar-refractivity contribution >= 4 is 11.7 Å². The van der Waals surface area contributed by atoms with Gasteiger partial charge in [0.2, 0.25) is 0 Å². The summed E-state index contributed by atoms with van der Waals surface area (Å²) in [5.74, 6) is 1.03. The molecule has 2 atom stereocenters. The fourth-order valence-electron chi connectivity index (χ4n) is 2.32. The van der Waals surface area contributed by atoms with E-state index in [1.807, 2.05) is 45.0 Å². The molecule has 1 heterocycles. The maximum Gasteiger partial charge on any atom is 0.321 e. The number of anilines is 1. The SMILES string of the molecule is CC(C)Oc1ccc(NC(=O)N2CCC(C)C(O)C2)cc1. The lowest BCUT2D eigenvalue weighted by atomic mass is 9.96. The Morgan fingerprint density at radius 3 is 2.62 bits per heavy atom. The normalized spacial score (nSPS) is 22.2. The second kappa shape index (κ2) is 6.80. The third-order valence-electron chi connectivity index (χ3n) is 3.68.